The quantitative estimate of drug-likeness (QED) is 0.899. The van der Waals surface area contributed by atoms with Crippen molar-refractivity contribution in [2.45, 2.75) is 33.6 Å². The first-order valence-corrected chi connectivity index (χ1v) is 6.25. The highest BCUT2D eigenvalue weighted by Crippen LogP contribution is 2.11. The Labute approximate surface area is 107 Å². The Hall–Kier alpha value is -1.90. The fraction of sp³-hybridized carbons (Fsp3) is 0.333. The molecular formula is C15H18N2O. The van der Waals surface area contributed by atoms with Crippen LogP contribution in [0.5, 0.6) is 0 Å². The molecule has 1 aromatic heterocycles. The van der Waals surface area contributed by atoms with Gasteiger partial charge >= 0.3 is 0 Å². The summed E-state index contributed by atoms with van der Waals surface area (Å²) in [6.45, 7) is 5.91. The zero-order valence-electron chi connectivity index (χ0n) is 11.1. The first-order valence-electron chi connectivity index (χ1n) is 6.25. The van der Waals surface area contributed by atoms with Crippen LogP contribution in [-0.4, -0.2) is 9.97 Å². The number of aromatic amines is 1. The van der Waals surface area contributed by atoms with Crippen LogP contribution in [-0.2, 0) is 12.8 Å². The molecule has 0 bridgehead atoms. The molecule has 0 saturated carbocycles. The number of hydrogen-bond acceptors (Lipinski definition) is 2. The molecule has 0 fully saturated rings. The SMILES string of the molecule is CCc1nc(Cc2ccccc2C)[nH]c(=O)c1C. The number of H-pyrrole nitrogens is 1. The second-order valence-electron chi connectivity index (χ2n) is 4.54. The molecule has 0 amide bonds. The highest BCUT2D eigenvalue weighted by molar-refractivity contribution is 5.29. The Kier molecular flexibility index (Phi) is 3.60. The molecule has 0 aliphatic heterocycles. The predicted octanol–water partition coefficient (Wildman–Crippen LogP) is 2.54. The largest absolute Gasteiger partial charge is 0.310 e. The molecule has 3 heteroatoms. The molecule has 0 atom stereocenters. The lowest BCUT2D eigenvalue weighted by Gasteiger charge is -2.07. The summed E-state index contributed by atoms with van der Waals surface area (Å²) >= 11 is 0. The number of nitrogens with one attached hydrogen (secondary N) is 1. The van der Waals surface area contributed by atoms with Crippen molar-refractivity contribution in [1.29, 1.82) is 0 Å². The maximum atomic E-state index is 11.8. The van der Waals surface area contributed by atoms with Crippen LogP contribution in [0.4, 0.5) is 0 Å². The molecule has 1 aromatic carbocycles. The predicted molar refractivity (Wildman–Crippen MR) is 73.0 cm³/mol. The number of nitrogens with zero attached hydrogens (tertiary/aromatic N) is 1. The molecule has 18 heavy (non-hydrogen) atoms. The molecule has 2 rings (SSSR count). The molecule has 0 spiro atoms. The van der Waals surface area contributed by atoms with Gasteiger partial charge in [-0.1, -0.05) is 31.2 Å². The third-order valence-corrected chi connectivity index (χ3v) is 3.26. The average Bonchev–Trinajstić information content (AvgIpc) is 2.36. The topological polar surface area (TPSA) is 45.8 Å². The number of aryl methyl sites for hydroxylation is 2. The minimum absolute atomic E-state index is 0.0227. The number of aromatic nitrogens is 2. The Morgan fingerprint density at radius 1 is 1.22 bits per heavy atom. The molecule has 0 aliphatic rings. The van der Waals surface area contributed by atoms with Crippen LogP contribution in [0.3, 0.4) is 0 Å². The van der Waals surface area contributed by atoms with Crippen molar-refractivity contribution < 1.29 is 0 Å². The maximum absolute atomic E-state index is 11.8. The van der Waals surface area contributed by atoms with E-state index in [0.717, 1.165) is 23.5 Å². The van der Waals surface area contributed by atoms with Crippen molar-refractivity contribution in [2.75, 3.05) is 0 Å². The summed E-state index contributed by atoms with van der Waals surface area (Å²) < 4.78 is 0. The number of benzene rings is 1. The van der Waals surface area contributed by atoms with Crippen molar-refractivity contribution in [3.05, 3.63) is 62.8 Å². The van der Waals surface area contributed by atoms with Gasteiger partial charge in [0, 0.05) is 12.0 Å². The molecule has 2 aromatic rings. The van der Waals surface area contributed by atoms with Gasteiger partial charge in [-0.25, -0.2) is 4.98 Å². The zero-order valence-corrected chi connectivity index (χ0v) is 11.1. The van der Waals surface area contributed by atoms with Crippen LogP contribution in [0.1, 0.15) is 35.1 Å². The summed E-state index contributed by atoms with van der Waals surface area (Å²) in [6.07, 6.45) is 1.46. The van der Waals surface area contributed by atoms with E-state index in [4.69, 9.17) is 0 Å². The van der Waals surface area contributed by atoms with E-state index in [1.165, 1.54) is 11.1 Å². The summed E-state index contributed by atoms with van der Waals surface area (Å²) in [5.41, 5.74) is 4.02. The molecule has 3 nitrogen and oxygen atoms in total. The second-order valence-corrected chi connectivity index (χ2v) is 4.54. The van der Waals surface area contributed by atoms with E-state index < -0.39 is 0 Å². The van der Waals surface area contributed by atoms with Crippen LogP contribution >= 0.6 is 0 Å². The minimum atomic E-state index is -0.0227. The summed E-state index contributed by atoms with van der Waals surface area (Å²) in [6, 6.07) is 8.17. The maximum Gasteiger partial charge on any atom is 0.254 e. The third-order valence-electron chi connectivity index (χ3n) is 3.26. The van der Waals surface area contributed by atoms with Crippen molar-refractivity contribution in [3.63, 3.8) is 0 Å². The normalized spacial score (nSPS) is 10.6. The Balaban J connectivity index is 2.39. The lowest BCUT2D eigenvalue weighted by atomic mass is 10.1. The third kappa shape index (κ3) is 2.50. The van der Waals surface area contributed by atoms with Crippen LogP contribution in [0.15, 0.2) is 29.1 Å². The molecular weight excluding hydrogens is 224 g/mol. The molecule has 0 aliphatic carbocycles. The second kappa shape index (κ2) is 5.17. The van der Waals surface area contributed by atoms with Gasteiger partial charge in [-0.3, -0.25) is 4.79 Å². The standard InChI is InChI=1S/C15H18N2O/c1-4-13-11(3)15(18)17-14(16-13)9-12-8-6-5-7-10(12)2/h5-8H,4,9H2,1-3H3,(H,16,17,18). The Bertz CT molecular complexity index is 614. The van der Waals surface area contributed by atoms with E-state index >= 15 is 0 Å². The molecule has 94 valence electrons. The molecule has 1 heterocycles. The van der Waals surface area contributed by atoms with E-state index in [9.17, 15) is 4.79 Å². The smallest absolute Gasteiger partial charge is 0.254 e. The van der Waals surface area contributed by atoms with E-state index in [-0.39, 0.29) is 5.56 Å². The van der Waals surface area contributed by atoms with E-state index in [1.807, 2.05) is 26.0 Å². The van der Waals surface area contributed by atoms with Gasteiger partial charge in [0.05, 0.1) is 5.69 Å². The fourth-order valence-electron chi connectivity index (χ4n) is 2.05. The summed E-state index contributed by atoms with van der Waals surface area (Å²) in [7, 11) is 0. The summed E-state index contributed by atoms with van der Waals surface area (Å²) in [4.78, 5) is 19.2. The molecule has 0 saturated heterocycles. The number of rotatable bonds is 3. The Morgan fingerprint density at radius 2 is 1.94 bits per heavy atom. The van der Waals surface area contributed by atoms with Gasteiger partial charge in [0.2, 0.25) is 0 Å². The lowest BCUT2D eigenvalue weighted by molar-refractivity contribution is 0.866. The summed E-state index contributed by atoms with van der Waals surface area (Å²) in [5, 5.41) is 0. The first-order chi connectivity index (χ1) is 8.61. The van der Waals surface area contributed by atoms with E-state index in [2.05, 4.69) is 29.0 Å². The van der Waals surface area contributed by atoms with Gasteiger partial charge in [-0.05, 0) is 31.4 Å². The van der Waals surface area contributed by atoms with Crippen molar-refractivity contribution in [1.82, 2.24) is 9.97 Å². The number of hydrogen-bond donors (Lipinski definition) is 1. The van der Waals surface area contributed by atoms with Crippen molar-refractivity contribution in [3.8, 4) is 0 Å². The lowest BCUT2D eigenvalue weighted by Crippen LogP contribution is -2.18. The van der Waals surface area contributed by atoms with Crippen LogP contribution in [0.25, 0.3) is 0 Å². The van der Waals surface area contributed by atoms with Gasteiger partial charge in [0.15, 0.2) is 0 Å². The highest BCUT2D eigenvalue weighted by Gasteiger charge is 2.07. The van der Waals surface area contributed by atoms with Gasteiger partial charge < -0.3 is 4.98 Å². The van der Waals surface area contributed by atoms with Gasteiger partial charge in [-0.2, -0.15) is 0 Å². The van der Waals surface area contributed by atoms with E-state index in [1.54, 1.807) is 0 Å². The fourth-order valence-corrected chi connectivity index (χ4v) is 2.05. The highest BCUT2D eigenvalue weighted by atomic mass is 16.1. The molecule has 0 unspecified atom stereocenters. The molecule has 1 N–H and O–H groups in total. The summed E-state index contributed by atoms with van der Waals surface area (Å²) in [5.74, 6) is 0.747. The van der Waals surface area contributed by atoms with E-state index in [0.29, 0.717) is 6.42 Å². The minimum Gasteiger partial charge on any atom is -0.310 e. The van der Waals surface area contributed by atoms with Gasteiger partial charge in [0.1, 0.15) is 5.82 Å². The van der Waals surface area contributed by atoms with Crippen LogP contribution in [0.2, 0.25) is 0 Å². The zero-order chi connectivity index (χ0) is 13.1. The Morgan fingerprint density at radius 3 is 2.61 bits per heavy atom. The van der Waals surface area contributed by atoms with Crippen molar-refractivity contribution in [2.24, 2.45) is 0 Å². The average molecular weight is 242 g/mol. The monoisotopic (exact) mass is 242 g/mol. The first kappa shape index (κ1) is 12.6. The van der Waals surface area contributed by atoms with Gasteiger partial charge in [-0.15, -0.1) is 0 Å². The van der Waals surface area contributed by atoms with Crippen LogP contribution < -0.4 is 5.56 Å². The van der Waals surface area contributed by atoms with Crippen molar-refractivity contribution >= 4 is 0 Å². The molecule has 0 radical (unpaired) electrons. The van der Waals surface area contributed by atoms with Crippen LogP contribution in [0, 0.1) is 13.8 Å². The van der Waals surface area contributed by atoms with Gasteiger partial charge in [0.25, 0.3) is 5.56 Å².